The molecule has 0 bridgehead atoms. The zero-order chi connectivity index (χ0) is 26.4. The molecule has 1 aromatic heterocycles. The van der Waals surface area contributed by atoms with E-state index in [-0.39, 0.29) is 19.0 Å². The third kappa shape index (κ3) is 6.85. The van der Waals surface area contributed by atoms with Gasteiger partial charge in [0.2, 0.25) is 5.91 Å². The van der Waals surface area contributed by atoms with Crippen LogP contribution in [0, 0.1) is 0 Å². The third-order valence-electron chi connectivity index (χ3n) is 7.43. The van der Waals surface area contributed by atoms with E-state index in [1.54, 1.807) is 29.4 Å². The van der Waals surface area contributed by atoms with Crippen LogP contribution in [0.1, 0.15) is 54.8 Å². The van der Waals surface area contributed by atoms with Crippen LogP contribution in [0.2, 0.25) is 5.02 Å². The molecule has 37 heavy (non-hydrogen) atoms. The highest BCUT2D eigenvalue weighted by molar-refractivity contribution is 6.30. The van der Waals surface area contributed by atoms with Crippen molar-refractivity contribution in [2.24, 2.45) is 0 Å². The van der Waals surface area contributed by atoms with Gasteiger partial charge < -0.3 is 9.80 Å². The summed E-state index contributed by atoms with van der Waals surface area (Å²) in [4.78, 5) is 28.7. The molecule has 9 heteroatoms. The molecule has 1 saturated heterocycles. The molecule has 2 unspecified atom stereocenters. The van der Waals surface area contributed by atoms with Gasteiger partial charge in [-0.25, -0.2) is 18.7 Å². The number of benzene rings is 1. The molecule has 0 spiro atoms. The van der Waals surface area contributed by atoms with Crippen molar-refractivity contribution in [3.8, 4) is 0 Å². The molecule has 6 nitrogen and oxygen atoms in total. The molecule has 1 aromatic carbocycles. The molecule has 1 aliphatic carbocycles. The maximum atomic E-state index is 13.8. The predicted molar refractivity (Wildman–Crippen MR) is 144 cm³/mol. The maximum absolute atomic E-state index is 13.8. The second kappa shape index (κ2) is 12.8. The molecule has 2 aliphatic rings. The van der Waals surface area contributed by atoms with E-state index in [1.165, 1.54) is 5.56 Å². The van der Waals surface area contributed by atoms with E-state index in [0.717, 1.165) is 42.8 Å². The van der Waals surface area contributed by atoms with Crippen molar-refractivity contribution < 1.29 is 13.6 Å². The van der Waals surface area contributed by atoms with E-state index in [4.69, 9.17) is 11.6 Å². The average Bonchev–Trinajstić information content (AvgIpc) is 3.28. The Kier molecular flexibility index (Phi) is 9.49. The molecule has 1 amide bonds. The third-order valence-corrected chi connectivity index (χ3v) is 7.69. The number of aryl methyl sites for hydroxylation is 1. The van der Waals surface area contributed by atoms with Crippen molar-refractivity contribution in [1.82, 2.24) is 19.8 Å². The highest BCUT2D eigenvalue weighted by atomic mass is 35.5. The molecule has 0 N–H and O–H groups in total. The summed E-state index contributed by atoms with van der Waals surface area (Å²) in [5.74, 6) is 0.838. The smallest absolute Gasteiger partial charge is 0.251 e. The van der Waals surface area contributed by atoms with Crippen LogP contribution in [0.25, 0.3) is 0 Å². The molecule has 2 aromatic rings. The molecule has 0 radical (unpaired) electrons. The zero-order valence-electron chi connectivity index (χ0n) is 21.5. The van der Waals surface area contributed by atoms with Crippen LogP contribution in [-0.2, 0) is 11.2 Å². The Hall–Kier alpha value is -2.58. The number of carbonyl (C=O) groups is 1. The fourth-order valence-electron chi connectivity index (χ4n) is 5.42. The zero-order valence-corrected chi connectivity index (χ0v) is 22.2. The van der Waals surface area contributed by atoms with Gasteiger partial charge >= 0.3 is 0 Å². The Morgan fingerprint density at radius 2 is 1.92 bits per heavy atom. The van der Waals surface area contributed by atoms with E-state index < -0.39 is 12.3 Å². The van der Waals surface area contributed by atoms with Crippen molar-refractivity contribution in [3.05, 3.63) is 65.1 Å². The Labute approximate surface area is 223 Å². The monoisotopic (exact) mass is 531 g/mol. The number of alkyl halides is 2. The second-order valence-electron chi connectivity index (χ2n) is 10.00. The topological polar surface area (TPSA) is 52.6 Å². The van der Waals surface area contributed by atoms with Gasteiger partial charge in [0.15, 0.2) is 0 Å². The number of hydrogen-bond acceptors (Lipinski definition) is 5. The molecule has 2 heterocycles. The summed E-state index contributed by atoms with van der Waals surface area (Å²) in [6.07, 6.45) is 4.49. The standard InChI is InChI=1S/C28H36ClF2N5O/c1-3-4-5-12-34(18-25(30)31)17-23(21-7-9-22(29)10-8-21)28(37)36-15-13-35(14-16-36)27-26-20(2)6-11-24(26)32-19-33-27/h3,7-10,19-20,23,25H,1,4-6,11-18H2,2H3. The van der Waals surface area contributed by atoms with Crippen molar-refractivity contribution in [2.45, 2.75) is 50.9 Å². The number of anilines is 1. The Morgan fingerprint density at radius 1 is 1.19 bits per heavy atom. The van der Waals surface area contributed by atoms with Gasteiger partial charge in [-0.3, -0.25) is 9.69 Å². The maximum Gasteiger partial charge on any atom is 0.251 e. The van der Waals surface area contributed by atoms with Gasteiger partial charge in [0.25, 0.3) is 6.43 Å². The molecule has 0 saturated carbocycles. The van der Waals surface area contributed by atoms with Crippen LogP contribution in [0.5, 0.6) is 0 Å². The SMILES string of the molecule is C=CCCCN(CC(F)F)CC(C(=O)N1CCN(c2ncnc3c2C(C)CC3)CC1)c1ccc(Cl)cc1. The van der Waals surface area contributed by atoms with Crippen LogP contribution in [0.15, 0.2) is 43.2 Å². The summed E-state index contributed by atoms with van der Waals surface area (Å²) in [6.45, 7) is 8.77. The summed E-state index contributed by atoms with van der Waals surface area (Å²) in [5.41, 5.74) is 3.17. The van der Waals surface area contributed by atoms with E-state index in [9.17, 15) is 13.6 Å². The number of unbranched alkanes of at least 4 members (excludes halogenated alkanes) is 1. The Bertz CT molecular complexity index is 1060. The number of allylic oxidation sites excluding steroid dienone is 1. The summed E-state index contributed by atoms with van der Waals surface area (Å²) in [6, 6.07) is 7.16. The minimum atomic E-state index is -2.47. The quantitative estimate of drug-likeness (QED) is 0.297. The lowest BCUT2D eigenvalue weighted by molar-refractivity contribution is -0.133. The number of nitrogens with zero attached hydrogens (tertiary/aromatic N) is 5. The van der Waals surface area contributed by atoms with Crippen LogP contribution < -0.4 is 4.90 Å². The van der Waals surface area contributed by atoms with Gasteiger partial charge in [-0.1, -0.05) is 36.7 Å². The number of rotatable bonds is 11. The molecule has 1 aliphatic heterocycles. The predicted octanol–water partition coefficient (Wildman–Crippen LogP) is 5.15. The molecule has 2 atom stereocenters. The number of halogens is 3. The van der Waals surface area contributed by atoms with Crippen LogP contribution in [-0.4, -0.2) is 77.9 Å². The van der Waals surface area contributed by atoms with Gasteiger partial charge in [0.05, 0.1) is 12.5 Å². The molecule has 1 fully saturated rings. The van der Waals surface area contributed by atoms with Crippen LogP contribution in [0.4, 0.5) is 14.6 Å². The van der Waals surface area contributed by atoms with Gasteiger partial charge in [0, 0.05) is 49.0 Å². The number of aromatic nitrogens is 2. The van der Waals surface area contributed by atoms with E-state index in [0.29, 0.717) is 43.7 Å². The van der Waals surface area contributed by atoms with Gasteiger partial charge in [-0.2, -0.15) is 0 Å². The lowest BCUT2D eigenvalue weighted by Gasteiger charge is -2.38. The average molecular weight is 532 g/mol. The number of piperazine rings is 1. The molecule has 200 valence electrons. The number of hydrogen-bond donors (Lipinski definition) is 0. The minimum Gasteiger partial charge on any atom is -0.353 e. The van der Waals surface area contributed by atoms with E-state index in [1.807, 2.05) is 17.0 Å². The van der Waals surface area contributed by atoms with Crippen molar-refractivity contribution >= 4 is 23.3 Å². The summed E-state index contributed by atoms with van der Waals surface area (Å²) < 4.78 is 26.8. The number of carbonyl (C=O) groups excluding carboxylic acids is 1. The van der Waals surface area contributed by atoms with Crippen LogP contribution >= 0.6 is 11.6 Å². The normalized spacial score (nSPS) is 18.4. The van der Waals surface area contributed by atoms with Gasteiger partial charge in [-0.15, -0.1) is 6.58 Å². The van der Waals surface area contributed by atoms with Gasteiger partial charge in [0.1, 0.15) is 12.1 Å². The van der Waals surface area contributed by atoms with Crippen molar-refractivity contribution in [1.29, 1.82) is 0 Å². The number of amides is 1. The van der Waals surface area contributed by atoms with E-state index >= 15 is 0 Å². The number of fused-ring (bicyclic) bond motifs is 1. The lowest BCUT2D eigenvalue weighted by atomic mass is 9.96. The first-order chi connectivity index (χ1) is 17.9. The minimum absolute atomic E-state index is 0.0359. The highest BCUT2D eigenvalue weighted by Gasteiger charge is 2.33. The second-order valence-corrected chi connectivity index (χ2v) is 10.4. The Balaban J connectivity index is 1.48. The highest BCUT2D eigenvalue weighted by Crippen LogP contribution is 2.37. The van der Waals surface area contributed by atoms with E-state index in [2.05, 4.69) is 28.4 Å². The molecular formula is C28H36ClF2N5O. The largest absolute Gasteiger partial charge is 0.353 e. The van der Waals surface area contributed by atoms with Crippen molar-refractivity contribution in [3.63, 3.8) is 0 Å². The summed E-state index contributed by atoms with van der Waals surface area (Å²) >= 11 is 6.10. The Morgan fingerprint density at radius 3 is 2.59 bits per heavy atom. The van der Waals surface area contributed by atoms with Crippen LogP contribution in [0.3, 0.4) is 0 Å². The fourth-order valence-corrected chi connectivity index (χ4v) is 5.55. The van der Waals surface area contributed by atoms with Crippen molar-refractivity contribution in [2.75, 3.05) is 50.7 Å². The first-order valence-corrected chi connectivity index (χ1v) is 13.5. The molecular weight excluding hydrogens is 496 g/mol. The first-order valence-electron chi connectivity index (χ1n) is 13.1. The lowest BCUT2D eigenvalue weighted by Crippen LogP contribution is -2.51. The summed E-state index contributed by atoms with van der Waals surface area (Å²) in [7, 11) is 0. The van der Waals surface area contributed by atoms with Gasteiger partial charge in [-0.05, 0) is 55.8 Å². The first kappa shape index (κ1) is 27.5. The fraction of sp³-hybridized carbons (Fsp3) is 0.536. The summed E-state index contributed by atoms with van der Waals surface area (Å²) in [5, 5.41) is 0.575. The molecule has 4 rings (SSSR count).